The predicted molar refractivity (Wildman–Crippen MR) is 121 cm³/mol. The van der Waals surface area contributed by atoms with Crippen molar-refractivity contribution in [2.45, 2.75) is 38.5 Å². The lowest BCUT2D eigenvalue weighted by Gasteiger charge is -2.19. The van der Waals surface area contributed by atoms with Crippen molar-refractivity contribution in [3.8, 4) is 11.6 Å². The number of halogens is 2. The Labute approximate surface area is 199 Å². The van der Waals surface area contributed by atoms with Crippen LogP contribution in [0.2, 0.25) is 0 Å². The number of rotatable bonds is 11. The Balaban J connectivity index is 1.53. The number of aliphatic hydroxyl groups is 1. The fourth-order valence-electron chi connectivity index (χ4n) is 3.54. The number of nitrogens with two attached hydrogens (primary N) is 1. The van der Waals surface area contributed by atoms with Gasteiger partial charge in [-0.3, -0.25) is 15.0 Å². The van der Waals surface area contributed by atoms with Crippen LogP contribution in [-0.2, 0) is 6.61 Å². The van der Waals surface area contributed by atoms with Crippen LogP contribution in [0.15, 0.2) is 12.1 Å². The number of carbonyl (C=O) groups excluding carboxylic acids is 2. The summed E-state index contributed by atoms with van der Waals surface area (Å²) in [5, 5.41) is 15.0. The molecule has 3 amide bonds. The third-order valence-corrected chi connectivity index (χ3v) is 6.09. The van der Waals surface area contributed by atoms with E-state index in [1.165, 1.54) is 7.11 Å². The molecule has 1 atom stereocenters. The lowest BCUT2D eigenvalue weighted by molar-refractivity contribution is 0.0373. The number of aromatic nitrogens is 1. The zero-order chi connectivity index (χ0) is 24.7. The maximum absolute atomic E-state index is 14.3. The van der Waals surface area contributed by atoms with E-state index in [1.54, 1.807) is 0 Å². The highest BCUT2D eigenvalue weighted by molar-refractivity contribution is 7.11. The van der Waals surface area contributed by atoms with Crippen LogP contribution in [0.4, 0.5) is 18.6 Å². The monoisotopic (exact) mass is 499 g/mol. The fourth-order valence-corrected chi connectivity index (χ4v) is 4.28. The van der Waals surface area contributed by atoms with Crippen molar-refractivity contribution in [1.82, 2.24) is 14.6 Å². The Morgan fingerprint density at radius 1 is 1.35 bits per heavy atom. The van der Waals surface area contributed by atoms with E-state index in [-0.39, 0.29) is 28.4 Å². The average molecular weight is 500 g/mol. The van der Waals surface area contributed by atoms with Gasteiger partial charge >= 0.3 is 6.03 Å². The number of hydrogen-bond donors (Lipinski definition) is 4. The maximum atomic E-state index is 14.3. The second kappa shape index (κ2) is 11.9. The highest BCUT2D eigenvalue weighted by Crippen LogP contribution is 2.32. The average Bonchev–Trinajstić information content (AvgIpc) is 3.39. The van der Waals surface area contributed by atoms with Gasteiger partial charge in [0.25, 0.3) is 5.91 Å². The number of methoxy groups -OCH3 is 1. The predicted octanol–water partition coefficient (Wildman–Crippen LogP) is 2.42. The van der Waals surface area contributed by atoms with Crippen molar-refractivity contribution in [2.24, 2.45) is 5.73 Å². The summed E-state index contributed by atoms with van der Waals surface area (Å²) in [5.74, 6) is -3.13. The largest absolute Gasteiger partial charge is 0.494 e. The summed E-state index contributed by atoms with van der Waals surface area (Å²) in [6, 6.07) is 1.60. The molecule has 0 unspecified atom stereocenters. The molecule has 34 heavy (non-hydrogen) atoms. The lowest BCUT2D eigenvalue weighted by atomic mass is 10.2. The number of amides is 3. The minimum Gasteiger partial charge on any atom is -0.494 e. The quantitative estimate of drug-likeness (QED) is 0.348. The van der Waals surface area contributed by atoms with E-state index in [1.807, 2.05) is 4.90 Å². The highest BCUT2D eigenvalue weighted by Gasteiger charge is 2.24. The molecule has 0 saturated carbocycles. The number of benzene rings is 1. The van der Waals surface area contributed by atoms with Crippen molar-refractivity contribution >= 4 is 28.5 Å². The first-order chi connectivity index (χ1) is 16.3. The number of ether oxygens (including phenoxy) is 2. The van der Waals surface area contributed by atoms with Gasteiger partial charge in [-0.1, -0.05) is 0 Å². The fraction of sp³-hybridized carbons (Fsp3) is 0.476. The first-order valence-electron chi connectivity index (χ1n) is 10.7. The summed E-state index contributed by atoms with van der Waals surface area (Å²) in [6.07, 6.45) is 2.89. The number of aliphatic hydroxyl groups excluding tert-OH is 1. The van der Waals surface area contributed by atoms with Crippen LogP contribution in [0.5, 0.6) is 11.6 Å². The first-order valence-corrected chi connectivity index (χ1v) is 11.5. The van der Waals surface area contributed by atoms with Crippen LogP contribution < -0.4 is 25.8 Å². The van der Waals surface area contributed by atoms with Gasteiger partial charge in [0.2, 0.25) is 5.88 Å². The molecule has 2 heterocycles. The van der Waals surface area contributed by atoms with Gasteiger partial charge in [0.15, 0.2) is 11.6 Å². The zero-order valence-corrected chi connectivity index (χ0v) is 19.4. The molecule has 0 radical (unpaired) electrons. The van der Waals surface area contributed by atoms with Gasteiger partial charge in [0.1, 0.15) is 29.2 Å². The number of anilines is 1. The topological polar surface area (TPSA) is 139 Å². The Hall–Kier alpha value is -3.03. The normalized spacial score (nSPS) is 15.8. The standard InChI is InChI=1S/C21H27F2N5O5S/c1-32-14-7-6-13(22)12(17(14)23)11-33-19-16(18(24)30)20(34-27-19)26-21(31)25-8-2-3-9-28-10-4-5-15(28)29/h6-7,15,29H,2-5,8-11H2,1H3,(H2,24,30)(H2,25,26,31)/t15-/m1/s1. The van der Waals surface area contributed by atoms with E-state index in [2.05, 4.69) is 15.0 Å². The van der Waals surface area contributed by atoms with Gasteiger partial charge in [-0.05, 0) is 49.3 Å². The molecule has 0 spiro atoms. The van der Waals surface area contributed by atoms with Crippen molar-refractivity contribution in [1.29, 1.82) is 0 Å². The molecule has 1 fully saturated rings. The van der Waals surface area contributed by atoms with Crippen molar-refractivity contribution in [3.63, 3.8) is 0 Å². The number of primary amides is 1. The minimum atomic E-state index is -0.935. The smallest absolute Gasteiger partial charge is 0.319 e. The molecule has 1 aromatic heterocycles. The molecular weight excluding hydrogens is 472 g/mol. The molecule has 10 nitrogen and oxygen atoms in total. The molecule has 1 saturated heterocycles. The van der Waals surface area contributed by atoms with Gasteiger partial charge in [0, 0.05) is 19.6 Å². The Morgan fingerprint density at radius 2 is 2.15 bits per heavy atom. The number of urea groups is 1. The Kier molecular flexibility index (Phi) is 8.96. The lowest BCUT2D eigenvalue weighted by Crippen LogP contribution is -2.32. The highest BCUT2D eigenvalue weighted by atomic mass is 32.1. The van der Waals surface area contributed by atoms with Crippen molar-refractivity contribution in [3.05, 3.63) is 34.9 Å². The summed E-state index contributed by atoms with van der Waals surface area (Å²) in [6.45, 7) is 1.44. The number of nitrogens with one attached hydrogen (secondary N) is 2. The molecular formula is C21H27F2N5O5S. The van der Waals surface area contributed by atoms with Crippen LogP contribution >= 0.6 is 11.5 Å². The zero-order valence-electron chi connectivity index (χ0n) is 18.6. The van der Waals surface area contributed by atoms with E-state index in [0.29, 0.717) is 13.0 Å². The van der Waals surface area contributed by atoms with E-state index in [0.717, 1.165) is 56.0 Å². The van der Waals surface area contributed by atoms with E-state index in [9.17, 15) is 23.5 Å². The van der Waals surface area contributed by atoms with Crippen molar-refractivity contribution in [2.75, 3.05) is 32.1 Å². The van der Waals surface area contributed by atoms with Crippen LogP contribution in [-0.4, -0.2) is 59.3 Å². The van der Waals surface area contributed by atoms with Crippen LogP contribution in [0.3, 0.4) is 0 Å². The van der Waals surface area contributed by atoms with Gasteiger partial charge < -0.3 is 25.6 Å². The number of hydrogen-bond acceptors (Lipinski definition) is 8. The van der Waals surface area contributed by atoms with E-state index >= 15 is 0 Å². The van der Waals surface area contributed by atoms with Gasteiger partial charge in [0.05, 0.1) is 12.7 Å². The van der Waals surface area contributed by atoms with Crippen molar-refractivity contribution < 1.29 is 33.0 Å². The van der Waals surface area contributed by atoms with E-state index < -0.39 is 35.7 Å². The first kappa shape index (κ1) is 25.6. The van der Waals surface area contributed by atoms with Crippen LogP contribution in [0, 0.1) is 11.6 Å². The van der Waals surface area contributed by atoms with Crippen LogP contribution in [0.1, 0.15) is 41.6 Å². The molecule has 5 N–H and O–H groups in total. The number of nitrogens with zero attached hydrogens (tertiary/aromatic N) is 2. The molecule has 3 rings (SSSR count). The van der Waals surface area contributed by atoms with Gasteiger partial charge in [-0.2, -0.15) is 4.37 Å². The molecule has 186 valence electrons. The van der Waals surface area contributed by atoms with E-state index in [4.69, 9.17) is 15.2 Å². The SMILES string of the molecule is COc1ccc(F)c(COc2nsc(NC(=O)NCCCCN3CCC[C@H]3O)c2C(N)=O)c1F. The Bertz CT molecular complexity index is 1020. The summed E-state index contributed by atoms with van der Waals surface area (Å²) in [4.78, 5) is 26.1. The summed E-state index contributed by atoms with van der Waals surface area (Å²) >= 11 is 0.750. The maximum Gasteiger partial charge on any atom is 0.319 e. The molecule has 1 aromatic carbocycles. The molecule has 1 aliphatic rings. The third kappa shape index (κ3) is 6.30. The Morgan fingerprint density at radius 3 is 2.82 bits per heavy atom. The third-order valence-electron chi connectivity index (χ3n) is 5.34. The van der Waals surface area contributed by atoms with Crippen LogP contribution in [0.25, 0.3) is 0 Å². The second-order valence-electron chi connectivity index (χ2n) is 7.63. The summed E-state index contributed by atoms with van der Waals surface area (Å²) in [5.41, 5.74) is 4.80. The molecule has 1 aliphatic heterocycles. The minimum absolute atomic E-state index is 0.0479. The van der Waals surface area contributed by atoms with Gasteiger partial charge in [-0.15, -0.1) is 0 Å². The molecule has 13 heteroatoms. The van der Waals surface area contributed by atoms with Gasteiger partial charge in [-0.25, -0.2) is 13.6 Å². The molecule has 0 bridgehead atoms. The number of likely N-dealkylation sites (tertiary alicyclic amines) is 1. The summed E-state index contributed by atoms with van der Waals surface area (Å²) < 4.78 is 42.5. The molecule has 2 aromatic rings. The number of carbonyl (C=O) groups is 2. The number of unbranched alkanes of at least 4 members (excludes halogenated alkanes) is 1. The summed E-state index contributed by atoms with van der Waals surface area (Å²) in [7, 11) is 1.24. The second-order valence-corrected chi connectivity index (χ2v) is 8.41. The molecule has 0 aliphatic carbocycles.